The van der Waals surface area contributed by atoms with Crippen LogP contribution in [0.25, 0.3) is 17.0 Å². The van der Waals surface area contributed by atoms with Gasteiger partial charge in [0.25, 0.3) is 5.91 Å². The number of allylic oxidation sites excluding steroid dienone is 5. The van der Waals surface area contributed by atoms with Gasteiger partial charge < -0.3 is 15.5 Å². The molecule has 1 aromatic heterocycles. The third kappa shape index (κ3) is 3.34. The number of carbonyl (C=O) groups is 1. The highest BCUT2D eigenvalue weighted by molar-refractivity contribution is 6.33. The first-order valence-corrected chi connectivity index (χ1v) is 7.85. The van der Waals surface area contributed by atoms with E-state index in [2.05, 4.69) is 9.97 Å². The number of halogens is 2. The number of benzene rings is 1. The van der Waals surface area contributed by atoms with E-state index >= 15 is 0 Å². The van der Waals surface area contributed by atoms with Gasteiger partial charge in [0, 0.05) is 12.0 Å². The summed E-state index contributed by atoms with van der Waals surface area (Å²) in [7, 11) is 1.58. The largest absolute Gasteiger partial charge is 0.501 e. The number of aromatic nitrogens is 2. The van der Waals surface area contributed by atoms with Crippen LogP contribution in [0.3, 0.4) is 0 Å². The minimum absolute atomic E-state index is 0.0829. The van der Waals surface area contributed by atoms with E-state index in [0.29, 0.717) is 17.7 Å². The number of ether oxygens (including phenoxy) is 1. The number of nitrogens with zero attached hydrogens (tertiary/aromatic N) is 1. The molecule has 2 aromatic rings. The summed E-state index contributed by atoms with van der Waals surface area (Å²) in [6, 6.07) is 4.31. The molecule has 0 atom stereocenters. The Morgan fingerprint density at radius 1 is 1.40 bits per heavy atom. The van der Waals surface area contributed by atoms with E-state index < -0.39 is 11.7 Å². The molecule has 0 fully saturated rings. The molecular weight excluding hydrogens is 345 g/mol. The van der Waals surface area contributed by atoms with Crippen LogP contribution in [-0.2, 0) is 4.74 Å². The van der Waals surface area contributed by atoms with Crippen molar-refractivity contribution in [2.45, 2.75) is 6.42 Å². The molecule has 0 bridgehead atoms. The van der Waals surface area contributed by atoms with Crippen molar-refractivity contribution in [3.8, 4) is 11.4 Å². The average Bonchev–Trinajstić information content (AvgIpc) is 2.86. The van der Waals surface area contributed by atoms with E-state index in [1.54, 1.807) is 31.4 Å². The first kappa shape index (κ1) is 17.0. The SMILES string of the molecule is COC1=CC=C(c2nc(-c3c(F)cccc3Cl)[nH]c2C(N)=O)C=CC1. The molecule has 1 amide bonds. The molecule has 0 saturated heterocycles. The predicted molar refractivity (Wildman–Crippen MR) is 94.3 cm³/mol. The van der Waals surface area contributed by atoms with Crippen LogP contribution in [0.2, 0.25) is 5.02 Å². The van der Waals surface area contributed by atoms with Crippen LogP contribution >= 0.6 is 11.6 Å². The van der Waals surface area contributed by atoms with Crippen molar-refractivity contribution in [2.75, 3.05) is 7.11 Å². The summed E-state index contributed by atoms with van der Waals surface area (Å²) >= 11 is 6.08. The van der Waals surface area contributed by atoms with Gasteiger partial charge in [0.15, 0.2) is 0 Å². The number of aromatic amines is 1. The Morgan fingerprint density at radius 2 is 2.20 bits per heavy atom. The van der Waals surface area contributed by atoms with Gasteiger partial charge in [-0.1, -0.05) is 29.8 Å². The zero-order chi connectivity index (χ0) is 18.0. The van der Waals surface area contributed by atoms with Crippen LogP contribution in [0.15, 0.2) is 48.3 Å². The first-order valence-electron chi connectivity index (χ1n) is 7.47. The van der Waals surface area contributed by atoms with Crippen molar-refractivity contribution in [1.82, 2.24) is 9.97 Å². The molecule has 0 radical (unpaired) electrons. The molecule has 0 unspecified atom stereocenters. The minimum atomic E-state index is -0.698. The Labute approximate surface area is 148 Å². The van der Waals surface area contributed by atoms with Gasteiger partial charge in [-0.2, -0.15) is 0 Å². The summed E-state index contributed by atoms with van der Waals surface area (Å²) in [4.78, 5) is 19.0. The fraction of sp³-hybridized carbons (Fsp3) is 0.111. The molecule has 7 heteroatoms. The highest BCUT2D eigenvalue weighted by Crippen LogP contribution is 2.31. The van der Waals surface area contributed by atoms with Gasteiger partial charge in [-0.15, -0.1) is 0 Å². The third-order valence-corrected chi connectivity index (χ3v) is 4.07. The minimum Gasteiger partial charge on any atom is -0.501 e. The Hall–Kier alpha value is -2.86. The molecule has 25 heavy (non-hydrogen) atoms. The molecule has 1 aliphatic rings. The van der Waals surface area contributed by atoms with E-state index in [9.17, 15) is 9.18 Å². The summed E-state index contributed by atoms with van der Waals surface area (Å²) in [5, 5.41) is 0.184. The van der Waals surface area contributed by atoms with Crippen LogP contribution in [0.4, 0.5) is 4.39 Å². The number of primary amides is 1. The molecule has 128 valence electrons. The average molecular weight is 360 g/mol. The van der Waals surface area contributed by atoms with Crippen LogP contribution < -0.4 is 5.73 Å². The zero-order valence-corrected chi connectivity index (χ0v) is 14.1. The molecular formula is C18H15ClFN3O2. The van der Waals surface area contributed by atoms with Crippen molar-refractivity contribution < 1.29 is 13.9 Å². The monoisotopic (exact) mass is 359 g/mol. The van der Waals surface area contributed by atoms with Gasteiger partial charge in [0.1, 0.15) is 23.0 Å². The molecule has 0 spiro atoms. The quantitative estimate of drug-likeness (QED) is 0.870. The van der Waals surface area contributed by atoms with Crippen molar-refractivity contribution in [1.29, 1.82) is 0 Å². The zero-order valence-electron chi connectivity index (χ0n) is 13.3. The summed E-state index contributed by atoms with van der Waals surface area (Å²) in [5.41, 5.74) is 6.60. The summed E-state index contributed by atoms with van der Waals surface area (Å²) in [6.07, 6.45) is 7.84. The van der Waals surface area contributed by atoms with Crippen molar-refractivity contribution in [2.24, 2.45) is 5.73 Å². The Bertz CT molecular complexity index is 908. The van der Waals surface area contributed by atoms with Crippen molar-refractivity contribution in [3.63, 3.8) is 0 Å². The molecule has 1 aromatic carbocycles. The fourth-order valence-electron chi connectivity index (χ4n) is 2.52. The summed E-state index contributed by atoms with van der Waals surface area (Å²) < 4.78 is 19.4. The van der Waals surface area contributed by atoms with Crippen LogP contribution in [0.5, 0.6) is 0 Å². The van der Waals surface area contributed by atoms with E-state index in [1.165, 1.54) is 12.1 Å². The van der Waals surface area contributed by atoms with Crippen LogP contribution in [0.1, 0.15) is 22.6 Å². The Kier molecular flexibility index (Phi) is 4.72. The molecule has 5 nitrogen and oxygen atoms in total. The second kappa shape index (κ2) is 6.94. The maximum Gasteiger partial charge on any atom is 0.267 e. The number of methoxy groups -OCH3 is 1. The van der Waals surface area contributed by atoms with E-state index in [4.69, 9.17) is 22.1 Å². The molecule has 3 rings (SSSR count). The lowest BCUT2D eigenvalue weighted by molar-refractivity contribution is 0.0996. The number of imidazole rings is 1. The number of nitrogens with one attached hydrogen (secondary N) is 1. The van der Waals surface area contributed by atoms with E-state index in [0.717, 1.165) is 5.76 Å². The van der Waals surface area contributed by atoms with Gasteiger partial charge in [-0.05, 0) is 24.3 Å². The number of rotatable bonds is 4. The van der Waals surface area contributed by atoms with Gasteiger partial charge in [-0.3, -0.25) is 4.79 Å². The van der Waals surface area contributed by atoms with E-state index in [-0.39, 0.29) is 22.1 Å². The smallest absolute Gasteiger partial charge is 0.267 e. The van der Waals surface area contributed by atoms with E-state index in [1.807, 2.05) is 6.08 Å². The summed E-state index contributed by atoms with van der Waals surface area (Å²) in [6.45, 7) is 0. The van der Waals surface area contributed by atoms with Crippen molar-refractivity contribution in [3.05, 3.63) is 70.5 Å². The normalized spacial score (nSPS) is 13.9. The Morgan fingerprint density at radius 3 is 2.88 bits per heavy atom. The lowest BCUT2D eigenvalue weighted by Gasteiger charge is -2.01. The standard InChI is InChI=1S/C18H15ClFN3O2/c1-25-11-5-2-4-10(8-9-11)15-16(17(21)24)23-18(22-15)14-12(19)6-3-7-13(14)20/h2-4,6-9H,5H2,1H3,(H2,21,24)(H,22,23). The number of hydrogen-bond donors (Lipinski definition) is 2. The summed E-state index contributed by atoms with van der Waals surface area (Å²) in [5.74, 6) is -0.340. The maximum absolute atomic E-state index is 14.2. The van der Waals surface area contributed by atoms with Crippen LogP contribution in [-0.4, -0.2) is 23.0 Å². The number of nitrogens with two attached hydrogens (primary N) is 1. The first-order chi connectivity index (χ1) is 12.0. The van der Waals surface area contributed by atoms with Crippen LogP contribution in [0, 0.1) is 5.82 Å². The molecule has 0 aliphatic heterocycles. The second-order valence-corrected chi connectivity index (χ2v) is 5.74. The maximum atomic E-state index is 14.2. The lowest BCUT2D eigenvalue weighted by atomic mass is 10.1. The second-order valence-electron chi connectivity index (χ2n) is 5.34. The highest BCUT2D eigenvalue weighted by atomic mass is 35.5. The number of hydrogen-bond acceptors (Lipinski definition) is 3. The molecule has 3 N–H and O–H groups in total. The predicted octanol–water partition coefficient (Wildman–Crippen LogP) is 3.84. The lowest BCUT2D eigenvalue weighted by Crippen LogP contribution is -2.13. The van der Waals surface area contributed by atoms with Gasteiger partial charge in [-0.25, -0.2) is 9.37 Å². The van der Waals surface area contributed by atoms with Gasteiger partial charge in [0.2, 0.25) is 0 Å². The molecule has 0 saturated carbocycles. The highest BCUT2D eigenvalue weighted by Gasteiger charge is 2.21. The number of carbonyl (C=O) groups excluding carboxylic acids is 1. The van der Waals surface area contributed by atoms with Gasteiger partial charge in [0.05, 0.1) is 23.5 Å². The topological polar surface area (TPSA) is 81.0 Å². The fourth-order valence-corrected chi connectivity index (χ4v) is 2.77. The Balaban J connectivity index is 2.15. The van der Waals surface area contributed by atoms with Crippen molar-refractivity contribution >= 4 is 23.1 Å². The number of amides is 1. The third-order valence-electron chi connectivity index (χ3n) is 3.75. The van der Waals surface area contributed by atoms with Gasteiger partial charge >= 0.3 is 0 Å². The molecule has 1 aliphatic carbocycles. The number of H-pyrrole nitrogens is 1. The molecule has 1 heterocycles.